The van der Waals surface area contributed by atoms with E-state index in [-0.39, 0.29) is 4.87 Å². The predicted octanol–water partition coefficient (Wildman–Crippen LogP) is 2.83. The lowest BCUT2D eigenvalue weighted by molar-refractivity contribution is 0.409. The number of H-pyrrole nitrogens is 1. The van der Waals surface area contributed by atoms with Crippen LogP contribution in [0.5, 0.6) is 0 Å². The second-order valence-corrected chi connectivity index (χ2v) is 5.09. The second kappa shape index (κ2) is 3.29. The van der Waals surface area contributed by atoms with Gasteiger partial charge in [0.1, 0.15) is 0 Å². The van der Waals surface area contributed by atoms with Gasteiger partial charge in [-0.2, -0.15) is 0 Å². The molecule has 2 nitrogen and oxygen atoms in total. The molecular weight excluding hydrogens is 182 g/mol. The zero-order chi connectivity index (χ0) is 9.42. The van der Waals surface area contributed by atoms with Crippen LogP contribution >= 0.6 is 11.3 Å². The third kappa shape index (κ3) is 1.57. The minimum Gasteiger partial charge on any atom is -0.316 e. The van der Waals surface area contributed by atoms with Crippen molar-refractivity contribution in [3.05, 3.63) is 20.2 Å². The Morgan fingerprint density at radius 2 is 2.15 bits per heavy atom. The molecule has 0 unspecified atom stereocenters. The van der Waals surface area contributed by atoms with E-state index in [1.807, 2.05) is 0 Å². The van der Waals surface area contributed by atoms with Gasteiger partial charge in [-0.3, -0.25) is 4.79 Å². The molecule has 0 amide bonds. The minimum absolute atomic E-state index is 0.116. The van der Waals surface area contributed by atoms with Gasteiger partial charge in [0.15, 0.2) is 0 Å². The summed E-state index contributed by atoms with van der Waals surface area (Å²) in [4.78, 5) is 15.6. The highest BCUT2D eigenvalue weighted by Gasteiger charge is 2.25. The number of hydrogen-bond donors (Lipinski definition) is 1. The maximum absolute atomic E-state index is 11.2. The number of thiazole rings is 1. The summed E-state index contributed by atoms with van der Waals surface area (Å²) in [5.41, 5.74) is 1.23. The van der Waals surface area contributed by atoms with Crippen LogP contribution in [-0.4, -0.2) is 4.98 Å². The first kappa shape index (κ1) is 9.00. The Bertz CT molecular complexity index is 346. The normalized spacial score (nSPS) is 17.8. The zero-order valence-electron chi connectivity index (χ0n) is 8.09. The monoisotopic (exact) mass is 197 g/mol. The molecule has 72 valence electrons. The van der Waals surface area contributed by atoms with Gasteiger partial charge >= 0.3 is 4.87 Å². The van der Waals surface area contributed by atoms with Crippen molar-refractivity contribution in [1.29, 1.82) is 0 Å². The van der Waals surface area contributed by atoms with Crippen LogP contribution in [0.15, 0.2) is 4.79 Å². The summed E-state index contributed by atoms with van der Waals surface area (Å²) in [5, 5.41) is 0. The lowest BCUT2D eigenvalue weighted by atomic mass is 9.81. The third-order valence-corrected chi connectivity index (χ3v) is 3.94. The average molecular weight is 197 g/mol. The molecule has 1 heterocycles. The Balaban J connectivity index is 2.36. The van der Waals surface area contributed by atoms with Gasteiger partial charge in [0.25, 0.3) is 0 Å². The van der Waals surface area contributed by atoms with E-state index in [1.54, 1.807) is 0 Å². The van der Waals surface area contributed by atoms with E-state index < -0.39 is 0 Å². The lowest BCUT2D eigenvalue weighted by Gasteiger charge is -2.25. The van der Waals surface area contributed by atoms with E-state index in [0.29, 0.717) is 11.8 Å². The van der Waals surface area contributed by atoms with E-state index in [9.17, 15) is 4.79 Å². The Kier molecular flexibility index (Phi) is 2.28. The zero-order valence-corrected chi connectivity index (χ0v) is 8.91. The van der Waals surface area contributed by atoms with Gasteiger partial charge in [0, 0.05) is 16.5 Å². The fraction of sp³-hybridized carbons (Fsp3) is 0.700. The van der Waals surface area contributed by atoms with Gasteiger partial charge in [-0.25, -0.2) is 0 Å². The van der Waals surface area contributed by atoms with E-state index >= 15 is 0 Å². The molecular formula is C10H15NOS. The fourth-order valence-electron chi connectivity index (χ4n) is 1.78. The third-order valence-electron chi connectivity index (χ3n) is 2.74. The molecule has 0 bridgehead atoms. The molecule has 1 aromatic rings. The van der Waals surface area contributed by atoms with Gasteiger partial charge < -0.3 is 4.98 Å². The van der Waals surface area contributed by atoms with Crippen molar-refractivity contribution in [2.75, 3.05) is 0 Å². The van der Waals surface area contributed by atoms with Gasteiger partial charge in [0.05, 0.1) is 0 Å². The average Bonchev–Trinajstić information content (AvgIpc) is 2.27. The summed E-state index contributed by atoms with van der Waals surface area (Å²) < 4.78 is 0. The predicted molar refractivity (Wildman–Crippen MR) is 55.6 cm³/mol. The van der Waals surface area contributed by atoms with E-state index in [2.05, 4.69) is 18.8 Å². The van der Waals surface area contributed by atoms with Gasteiger partial charge in [-0.15, -0.1) is 0 Å². The van der Waals surface area contributed by atoms with Crippen LogP contribution in [0.3, 0.4) is 0 Å². The van der Waals surface area contributed by atoms with Crippen molar-refractivity contribution in [2.45, 2.75) is 44.9 Å². The minimum atomic E-state index is 0.116. The van der Waals surface area contributed by atoms with E-state index in [1.165, 1.54) is 41.2 Å². The summed E-state index contributed by atoms with van der Waals surface area (Å²) in [6, 6.07) is 0. The Hall–Kier alpha value is -0.570. The summed E-state index contributed by atoms with van der Waals surface area (Å²) >= 11 is 1.39. The number of aromatic nitrogens is 1. The molecule has 1 N–H and O–H groups in total. The van der Waals surface area contributed by atoms with Crippen LogP contribution in [0.2, 0.25) is 0 Å². The van der Waals surface area contributed by atoms with Crippen molar-refractivity contribution < 1.29 is 0 Å². The molecule has 1 aliphatic rings. The summed E-state index contributed by atoms with van der Waals surface area (Å²) in [7, 11) is 0. The van der Waals surface area contributed by atoms with Crippen molar-refractivity contribution in [3.63, 3.8) is 0 Å². The molecule has 0 radical (unpaired) electrons. The van der Waals surface area contributed by atoms with Crippen molar-refractivity contribution in [1.82, 2.24) is 4.98 Å². The van der Waals surface area contributed by atoms with Crippen LogP contribution in [-0.2, 0) is 0 Å². The Morgan fingerprint density at radius 3 is 2.62 bits per heavy atom. The number of hydrogen-bond acceptors (Lipinski definition) is 2. The van der Waals surface area contributed by atoms with E-state index in [0.717, 1.165) is 0 Å². The highest BCUT2D eigenvalue weighted by atomic mass is 32.1. The van der Waals surface area contributed by atoms with Crippen molar-refractivity contribution in [3.8, 4) is 0 Å². The first-order valence-corrected chi connectivity index (χ1v) is 5.73. The molecule has 0 spiro atoms. The summed E-state index contributed by atoms with van der Waals surface area (Å²) in [6.45, 7) is 4.31. The summed E-state index contributed by atoms with van der Waals surface area (Å²) in [5.74, 6) is 1.14. The first-order valence-electron chi connectivity index (χ1n) is 4.91. The van der Waals surface area contributed by atoms with Crippen LogP contribution in [0.25, 0.3) is 0 Å². The van der Waals surface area contributed by atoms with E-state index in [4.69, 9.17) is 0 Å². The molecule has 1 aromatic heterocycles. The van der Waals surface area contributed by atoms with Crippen LogP contribution in [0.4, 0.5) is 0 Å². The largest absolute Gasteiger partial charge is 0.316 e. The summed E-state index contributed by atoms with van der Waals surface area (Å²) in [6.07, 6.45) is 3.83. The molecule has 0 aromatic carbocycles. The van der Waals surface area contributed by atoms with Crippen molar-refractivity contribution >= 4 is 11.3 Å². The van der Waals surface area contributed by atoms with Gasteiger partial charge in [-0.1, -0.05) is 31.6 Å². The van der Waals surface area contributed by atoms with Gasteiger partial charge in [-0.05, 0) is 18.8 Å². The molecule has 2 rings (SSSR count). The lowest BCUT2D eigenvalue weighted by Crippen LogP contribution is -2.12. The highest BCUT2D eigenvalue weighted by molar-refractivity contribution is 7.09. The molecule has 1 aliphatic carbocycles. The maximum atomic E-state index is 11.2. The Morgan fingerprint density at radius 1 is 1.46 bits per heavy atom. The van der Waals surface area contributed by atoms with Crippen molar-refractivity contribution in [2.24, 2.45) is 0 Å². The quantitative estimate of drug-likeness (QED) is 0.777. The standard InChI is InChI=1S/C10H15NOS/c1-6(2)9-8(7-4-3-5-7)11-10(12)13-9/h6-7H,3-5H2,1-2H3,(H,11,12). The first-order chi connectivity index (χ1) is 6.18. The Labute approximate surface area is 82.0 Å². The molecule has 0 aliphatic heterocycles. The molecule has 13 heavy (non-hydrogen) atoms. The smallest absolute Gasteiger partial charge is 0.304 e. The van der Waals surface area contributed by atoms with Crippen LogP contribution < -0.4 is 4.87 Å². The number of rotatable bonds is 2. The second-order valence-electron chi connectivity index (χ2n) is 4.07. The topological polar surface area (TPSA) is 32.9 Å². The maximum Gasteiger partial charge on any atom is 0.304 e. The molecule has 0 atom stereocenters. The molecule has 3 heteroatoms. The van der Waals surface area contributed by atoms with Gasteiger partial charge in [0.2, 0.25) is 0 Å². The molecule has 1 fully saturated rings. The molecule has 1 saturated carbocycles. The highest BCUT2D eigenvalue weighted by Crippen LogP contribution is 2.39. The van der Waals surface area contributed by atoms with Crippen LogP contribution in [0.1, 0.15) is 55.5 Å². The number of aromatic amines is 1. The fourth-order valence-corrected chi connectivity index (χ4v) is 2.71. The molecule has 0 saturated heterocycles. The SMILES string of the molecule is CC(C)c1sc(=O)[nH]c1C1CCC1. The number of nitrogens with one attached hydrogen (secondary N) is 1. The van der Waals surface area contributed by atoms with Crippen LogP contribution in [0, 0.1) is 0 Å².